The number of rotatable bonds is 5. The van der Waals surface area contributed by atoms with E-state index in [1.807, 2.05) is 36.4 Å². The molecular weight excluding hydrogens is 436 g/mol. The van der Waals surface area contributed by atoms with Crippen molar-refractivity contribution in [1.29, 1.82) is 0 Å². The van der Waals surface area contributed by atoms with Crippen LogP contribution in [0.3, 0.4) is 0 Å². The van der Waals surface area contributed by atoms with Gasteiger partial charge in [0.15, 0.2) is 18.1 Å². The summed E-state index contributed by atoms with van der Waals surface area (Å²) < 4.78 is 21.9. The first-order valence-electron chi connectivity index (χ1n) is 11.3. The Morgan fingerprint density at radius 2 is 1.91 bits per heavy atom. The van der Waals surface area contributed by atoms with Crippen LogP contribution < -0.4 is 14.2 Å². The highest BCUT2D eigenvalue weighted by atomic mass is 16.6. The molecule has 1 saturated heterocycles. The highest BCUT2D eigenvalue weighted by Crippen LogP contribution is 2.38. The SMILES string of the molecule is COc1ccc2cc(C(=O)OCC(=O)N3CCCC3c3ccc4c(c3)OCCO4)c(C)nc2c1. The van der Waals surface area contributed by atoms with Crippen molar-refractivity contribution < 1.29 is 28.5 Å². The summed E-state index contributed by atoms with van der Waals surface area (Å²) in [6.45, 7) is 3.09. The molecule has 0 saturated carbocycles. The smallest absolute Gasteiger partial charge is 0.340 e. The monoisotopic (exact) mass is 462 g/mol. The lowest BCUT2D eigenvalue weighted by Crippen LogP contribution is -2.34. The van der Waals surface area contributed by atoms with Crippen molar-refractivity contribution in [1.82, 2.24) is 9.88 Å². The number of aryl methyl sites for hydroxylation is 1. The van der Waals surface area contributed by atoms with Gasteiger partial charge in [-0.3, -0.25) is 9.78 Å². The zero-order valence-electron chi connectivity index (χ0n) is 19.2. The summed E-state index contributed by atoms with van der Waals surface area (Å²) >= 11 is 0. The maximum Gasteiger partial charge on any atom is 0.340 e. The van der Waals surface area contributed by atoms with Gasteiger partial charge in [-0.1, -0.05) is 6.07 Å². The molecule has 3 aromatic rings. The van der Waals surface area contributed by atoms with Crippen LogP contribution in [0.25, 0.3) is 10.9 Å². The second kappa shape index (κ2) is 9.21. The fourth-order valence-corrected chi connectivity index (χ4v) is 4.54. The molecule has 34 heavy (non-hydrogen) atoms. The molecule has 1 atom stereocenters. The van der Waals surface area contributed by atoms with Crippen LogP contribution in [-0.2, 0) is 9.53 Å². The van der Waals surface area contributed by atoms with Crippen LogP contribution in [0.4, 0.5) is 0 Å². The van der Waals surface area contributed by atoms with Crippen LogP contribution in [0, 0.1) is 6.92 Å². The van der Waals surface area contributed by atoms with Crippen LogP contribution in [0.2, 0.25) is 0 Å². The molecule has 2 aliphatic heterocycles. The first-order valence-corrected chi connectivity index (χ1v) is 11.3. The van der Waals surface area contributed by atoms with E-state index in [1.165, 1.54) is 0 Å². The first kappa shape index (κ1) is 22.0. The second-order valence-corrected chi connectivity index (χ2v) is 8.40. The summed E-state index contributed by atoms with van der Waals surface area (Å²) in [6, 6.07) is 12.9. The number of aromatic nitrogens is 1. The summed E-state index contributed by atoms with van der Waals surface area (Å²) in [5.74, 6) is 1.33. The number of methoxy groups -OCH3 is 1. The zero-order chi connectivity index (χ0) is 23.7. The number of ether oxygens (including phenoxy) is 4. The Labute approximate surface area is 197 Å². The number of carbonyl (C=O) groups excluding carboxylic acids is 2. The number of hydrogen-bond acceptors (Lipinski definition) is 7. The van der Waals surface area contributed by atoms with Crippen LogP contribution in [-0.4, -0.2) is 55.2 Å². The fraction of sp³-hybridized carbons (Fsp3) is 0.346. The Morgan fingerprint density at radius 1 is 1.09 bits per heavy atom. The molecule has 1 unspecified atom stereocenters. The number of carbonyl (C=O) groups is 2. The summed E-state index contributed by atoms with van der Waals surface area (Å²) in [4.78, 5) is 32.0. The van der Waals surface area contributed by atoms with Gasteiger partial charge in [0.05, 0.1) is 29.9 Å². The van der Waals surface area contributed by atoms with E-state index < -0.39 is 5.97 Å². The largest absolute Gasteiger partial charge is 0.497 e. The van der Waals surface area contributed by atoms with E-state index in [0.29, 0.717) is 42.5 Å². The van der Waals surface area contributed by atoms with E-state index in [4.69, 9.17) is 18.9 Å². The van der Waals surface area contributed by atoms with Crippen molar-refractivity contribution in [3.05, 3.63) is 59.3 Å². The van der Waals surface area contributed by atoms with E-state index >= 15 is 0 Å². The van der Waals surface area contributed by atoms with Crippen molar-refractivity contribution in [2.45, 2.75) is 25.8 Å². The summed E-state index contributed by atoms with van der Waals surface area (Å²) in [5, 5.41) is 0.794. The zero-order valence-corrected chi connectivity index (χ0v) is 19.2. The van der Waals surface area contributed by atoms with Gasteiger partial charge in [-0.2, -0.15) is 0 Å². The molecule has 5 rings (SSSR count). The molecule has 8 nitrogen and oxygen atoms in total. The van der Waals surface area contributed by atoms with Gasteiger partial charge in [0.1, 0.15) is 19.0 Å². The molecule has 176 valence electrons. The number of fused-ring (bicyclic) bond motifs is 2. The number of nitrogens with zero attached hydrogens (tertiary/aromatic N) is 2. The molecule has 0 radical (unpaired) electrons. The third-order valence-electron chi connectivity index (χ3n) is 6.29. The maximum atomic E-state index is 13.0. The van der Waals surface area contributed by atoms with E-state index in [0.717, 1.165) is 35.1 Å². The lowest BCUT2D eigenvalue weighted by atomic mass is 10.0. The van der Waals surface area contributed by atoms with Gasteiger partial charge < -0.3 is 23.8 Å². The van der Waals surface area contributed by atoms with Crippen molar-refractivity contribution in [2.24, 2.45) is 0 Å². The third kappa shape index (κ3) is 4.23. The van der Waals surface area contributed by atoms with Crippen LogP contribution in [0.5, 0.6) is 17.2 Å². The van der Waals surface area contributed by atoms with Crippen LogP contribution in [0.15, 0.2) is 42.5 Å². The highest BCUT2D eigenvalue weighted by Gasteiger charge is 2.31. The molecule has 0 N–H and O–H groups in total. The number of amides is 1. The molecule has 2 aliphatic rings. The molecule has 1 amide bonds. The quantitative estimate of drug-likeness (QED) is 0.533. The van der Waals surface area contributed by atoms with Gasteiger partial charge >= 0.3 is 5.97 Å². The lowest BCUT2D eigenvalue weighted by molar-refractivity contribution is -0.135. The first-order chi connectivity index (χ1) is 16.5. The van der Waals surface area contributed by atoms with Gasteiger partial charge in [-0.15, -0.1) is 0 Å². The van der Waals surface area contributed by atoms with Crippen molar-refractivity contribution in [2.75, 3.05) is 33.5 Å². The van der Waals surface area contributed by atoms with E-state index in [9.17, 15) is 9.59 Å². The molecule has 1 aromatic heterocycles. The Bertz CT molecular complexity index is 1260. The average molecular weight is 463 g/mol. The Hall–Kier alpha value is -3.81. The minimum absolute atomic E-state index is 0.0823. The van der Waals surface area contributed by atoms with Gasteiger partial charge in [0.2, 0.25) is 0 Å². The summed E-state index contributed by atoms with van der Waals surface area (Å²) in [6.07, 6.45) is 1.73. The number of likely N-dealkylation sites (tertiary alicyclic amines) is 1. The average Bonchev–Trinajstić information content (AvgIpc) is 3.36. The predicted octanol–water partition coefficient (Wildman–Crippen LogP) is 3.84. The third-order valence-corrected chi connectivity index (χ3v) is 6.29. The highest BCUT2D eigenvalue weighted by molar-refractivity contribution is 5.96. The Balaban J connectivity index is 1.27. The van der Waals surface area contributed by atoms with Crippen LogP contribution >= 0.6 is 0 Å². The Kier molecular flexibility index (Phi) is 5.96. The standard InChI is InChI=1S/C26H26N2O6/c1-16-20(12-17-5-7-19(31-2)14-21(17)27-16)26(30)34-15-25(29)28-9-3-4-22(28)18-6-8-23-24(13-18)33-11-10-32-23/h5-8,12-14,22H,3-4,9-11,15H2,1-2H3. The molecule has 3 heterocycles. The van der Waals surface area contributed by atoms with Gasteiger partial charge in [-0.25, -0.2) is 4.79 Å². The van der Waals surface area contributed by atoms with E-state index in [2.05, 4.69) is 4.98 Å². The minimum Gasteiger partial charge on any atom is -0.497 e. The molecule has 0 aliphatic carbocycles. The van der Waals surface area contributed by atoms with Gasteiger partial charge in [0, 0.05) is 18.0 Å². The summed E-state index contributed by atoms with van der Waals surface area (Å²) in [5.41, 5.74) is 2.60. The number of hydrogen-bond donors (Lipinski definition) is 0. The molecular formula is C26H26N2O6. The number of pyridine rings is 1. The van der Waals surface area contributed by atoms with Crippen molar-refractivity contribution in [3.63, 3.8) is 0 Å². The van der Waals surface area contributed by atoms with Gasteiger partial charge in [-0.05, 0) is 55.7 Å². The molecule has 8 heteroatoms. The summed E-state index contributed by atoms with van der Waals surface area (Å²) in [7, 11) is 1.59. The minimum atomic E-state index is -0.564. The lowest BCUT2D eigenvalue weighted by Gasteiger charge is -2.26. The van der Waals surface area contributed by atoms with Gasteiger partial charge in [0.25, 0.3) is 5.91 Å². The van der Waals surface area contributed by atoms with Crippen molar-refractivity contribution in [3.8, 4) is 17.2 Å². The van der Waals surface area contributed by atoms with Crippen LogP contribution in [0.1, 0.15) is 40.5 Å². The number of benzene rings is 2. The Morgan fingerprint density at radius 3 is 2.74 bits per heavy atom. The molecule has 1 fully saturated rings. The maximum absolute atomic E-state index is 13.0. The molecule has 2 aromatic carbocycles. The normalized spacial score (nSPS) is 17.0. The fourth-order valence-electron chi connectivity index (χ4n) is 4.54. The number of esters is 1. The topological polar surface area (TPSA) is 87.2 Å². The molecule has 0 bridgehead atoms. The van der Waals surface area contributed by atoms with E-state index in [-0.39, 0.29) is 18.6 Å². The van der Waals surface area contributed by atoms with E-state index in [1.54, 1.807) is 25.0 Å². The van der Waals surface area contributed by atoms with Crippen molar-refractivity contribution >= 4 is 22.8 Å². The second-order valence-electron chi connectivity index (χ2n) is 8.40. The predicted molar refractivity (Wildman–Crippen MR) is 124 cm³/mol. The molecule has 0 spiro atoms.